The lowest BCUT2D eigenvalue weighted by Gasteiger charge is -2.18. The van der Waals surface area contributed by atoms with Crippen molar-refractivity contribution in [3.05, 3.63) is 59.2 Å². The molecule has 0 saturated carbocycles. The van der Waals surface area contributed by atoms with Crippen molar-refractivity contribution in [3.63, 3.8) is 0 Å². The molecule has 0 aliphatic carbocycles. The summed E-state index contributed by atoms with van der Waals surface area (Å²) < 4.78 is 64.5. The number of fused-ring (bicyclic) bond motifs is 1. The first-order chi connectivity index (χ1) is 12.5. The first kappa shape index (κ1) is 19.4. The number of rotatable bonds is 4. The lowest BCUT2D eigenvalue weighted by atomic mass is 10.0. The second kappa shape index (κ2) is 6.65. The number of sulfonamides is 1. The number of anilines is 1. The Morgan fingerprint density at radius 3 is 2.33 bits per heavy atom. The van der Waals surface area contributed by atoms with Gasteiger partial charge in [0.15, 0.2) is 0 Å². The molecule has 0 fully saturated rings. The smallest absolute Gasteiger partial charge is 0.325 e. The van der Waals surface area contributed by atoms with Crippen LogP contribution in [0.3, 0.4) is 0 Å². The van der Waals surface area contributed by atoms with Gasteiger partial charge in [-0.2, -0.15) is 17.5 Å². The van der Waals surface area contributed by atoms with E-state index in [4.69, 9.17) is 0 Å². The van der Waals surface area contributed by atoms with E-state index in [1.165, 1.54) is 37.4 Å². The molecule has 1 heterocycles. The Morgan fingerprint density at radius 2 is 1.74 bits per heavy atom. The van der Waals surface area contributed by atoms with Crippen molar-refractivity contribution in [2.45, 2.75) is 30.5 Å². The second-order valence-corrected chi connectivity index (χ2v) is 8.46. The largest absolute Gasteiger partial charge is 0.416 e. The molecule has 144 valence electrons. The summed E-state index contributed by atoms with van der Waals surface area (Å²) in [5.74, 6) is -0.645. The van der Waals surface area contributed by atoms with Crippen LogP contribution in [-0.2, 0) is 27.5 Å². The van der Waals surface area contributed by atoms with Crippen LogP contribution in [-0.4, -0.2) is 25.7 Å². The average Bonchev–Trinajstić information content (AvgIpc) is 2.88. The summed E-state index contributed by atoms with van der Waals surface area (Å²) in [4.78, 5) is 11.7. The third-order valence-electron chi connectivity index (χ3n) is 4.54. The first-order valence-corrected chi connectivity index (χ1v) is 9.51. The van der Waals surface area contributed by atoms with Crippen molar-refractivity contribution in [2.24, 2.45) is 0 Å². The third kappa shape index (κ3) is 3.70. The normalized spacial score (nSPS) is 17.1. The number of amides is 1. The van der Waals surface area contributed by atoms with E-state index < -0.39 is 27.7 Å². The predicted octanol–water partition coefficient (Wildman–Crippen LogP) is 3.58. The van der Waals surface area contributed by atoms with E-state index in [0.717, 1.165) is 16.4 Å². The standard InChI is InChI=1S/C18H17F3N2O3S/c1-11-15-9-14(7-8-16(15)22-17(11)24)27(25,26)23(2)10-12-3-5-13(6-4-12)18(19,20)21/h3-9,11H,10H2,1-2H3,(H,22,24)/t11-/m1/s1. The zero-order valence-electron chi connectivity index (χ0n) is 14.5. The number of hydrogen-bond acceptors (Lipinski definition) is 3. The van der Waals surface area contributed by atoms with E-state index in [-0.39, 0.29) is 17.3 Å². The fourth-order valence-corrected chi connectivity index (χ4v) is 4.07. The van der Waals surface area contributed by atoms with E-state index >= 15 is 0 Å². The van der Waals surface area contributed by atoms with E-state index in [0.29, 0.717) is 16.8 Å². The topological polar surface area (TPSA) is 66.5 Å². The van der Waals surface area contributed by atoms with Crippen LogP contribution < -0.4 is 5.32 Å². The highest BCUT2D eigenvalue weighted by Gasteiger charge is 2.31. The van der Waals surface area contributed by atoms with Crippen LogP contribution in [0.5, 0.6) is 0 Å². The molecule has 9 heteroatoms. The van der Waals surface area contributed by atoms with E-state index in [1.54, 1.807) is 6.92 Å². The Balaban J connectivity index is 1.82. The monoisotopic (exact) mass is 398 g/mol. The van der Waals surface area contributed by atoms with Crippen LogP contribution in [0.15, 0.2) is 47.4 Å². The number of nitrogens with one attached hydrogen (secondary N) is 1. The van der Waals surface area contributed by atoms with Crippen LogP contribution in [0.1, 0.15) is 29.5 Å². The molecule has 0 bridgehead atoms. The van der Waals surface area contributed by atoms with Crippen LogP contribution in [0.2, 0.25) is 0 Å². The second-order valence-electron chi connectivity index (χ2n) is 6.42. The molecule has 0 aromatic heterocycles. The number of benzene rings is 2. The van der Waals surface area contributed by atoms with Crippen molar-refractivity contribution in [1.82, 2.24) is 4.31 Å². The highest BCUT2D eigenvalue weighted by Crippen LogP contribution is 2.34. The molecule has 0 spiro atoms. The Kier molecular flexibility index (Phi) is 4.77. The average molecular weight is 398 g/mol. The molecule has 3 rings (SSSR count). The minimum atomic E-state index is -4.44. The van der Waals surface area contributed by atoms with Crippen molar-refractivity contribution >= 4 is 21.6 Å². The molecule has 27 heavy (non-hydrogen) atoms. The van der Waals surface area contributed by atoms with Gasteiger partial charge < -0.3 is 5.32 Å². The maximum absolute atomic E-state index is 12.8. The van der Waals surface area contributed by atoms with Gasteiger partial charge in [-0.1, -0.05) is 12.1 Å². The lowest BCUT2D eigenvalue weighted by Crippen LogP contribution is -2.26. The molecular weight excluding hydrogens is 381 g/mol. The SMILES string of the molecule is C[C@H]1C(=O)Nc2ccc(S(=O)(=O)N(C)Cc3ccc(C(F)(F)F)cc3)cc21. The van der Waals surface area contributed by atoms with Crippen molar-refractivity contribution in [3.8, 4) is 0 Å². The molecule has 0 unspecified atom stereocenters. The van der Waals surface area contributed by atoms with Gasteiger partial charge in [0.05, 0.1) is 16.4 Å². The van der Waals surface area contributed by atoms with Crippen LogP contribution in [0.4, 0.5) is 18.9 Å². The summed E-state index contributed by atoms with van der Waals surface area (Å²) in [6.07, 6.45) is -4.44. The van der Waals surface area contributed by atoms with Crippen LogP contribution in [0, 0.1) is 0 Å². The number of carbonyl (C=O) groups is 1. The molecule has 2 aromatic rings. The molecule has 1 aliphatic rings. The van der Waals surface area contributed by atoms with E-state index in [2.05, 4.69) is 5.32 Å². The number of halogens is 3. The van der Waals surface area contributed by atoms with E-state index in [9.17, 15) is 26.4 Å². The van der Waals surface area contributed by atoms with Gasteiger partial charge in [0, 0.05) is 19.3 Å². The van der Waals surface area contributed by atoms with E-state index in [1.807, 2.05) is 0 Å². The number of carbonyl (C=O) groups excluding carboxylic acids is 1. The van der Waals surface area contributed by atoms with Gasteiger partial charge >= 0.3 is 6.18 Å². The lowest BCUT2D eigenvalue weighted by molar-refractivity contribution is -0.137. The molecule has 5 nitrogen and oxygen atoms in total. The van der Waals surface area contributed by atoms with Gasteiger partial charge in [0.25, 0.3) is 0 Å². The summed E-state index contributed by atoms with van der Waals surface area (Å²) >= 11 is 0. The molecule has 1 N–H and O–H groups in total. The van der Waals surface area contributed by atoms with Gasteiger partial charge in [-0.25, -0.2) is 8.42 Å². The fourth-order valence-electron chi connectivity index (χ4n) is 2.88. The van der Waals surface area contributed by atoms with Gasteiger partial charge in [-0.3, -0.25) is 4.79 Å². The third-order valence-corrected chi connectivity index (χ3v) is 6.33. The Labute approximate surface area is 154 Å². The van der Waals surface area contributed by atoms with Gasteiger partial charge in [0.1, 0.15) is 0 Å². The number of nitrogens with zero attached hydrogens (tertiary/aromatic N) is 1. The van der Waals surface area contributed by atoms with Gasteiger partial charge in [0.2, 0.25) is 15.9 Å². The fraction of sp³-hybridized carbons (Fsp3) is 0.278. The molecule has 1 atom stereocenters. The van der Waals surface area contributed by atoms with Gasteiger partial charge in [-0.15, -0.1) is 0 Å². The number of hydrogen-bond donors (Lipinski definition) is 1. The summed E-state index contributed by atoms with van der Waals surface area (Å²) in [6, 6.07) is 8.74. The Morgan fingerprint density at radius 1 is 1.11 bits per heavy atom. The number of alkyl halides is 3. The summed E-state index contributed by atoms with van der Waals surface area (Å²) in [5.41, 5.74) is 0.822. The predicted molar refractivity (Wildman–Crippen MR) is 93.6 cm³/mol. The van der Waals surface area contributed by atoms with Crippen molar-refractivity contribution in [1.29, 1.82) is 0 Å². The summed E-state index contributed by atoms with van der Waals surface area (Å²) in [6.45, 7) is 1.60. The molecular formula is C18H17F3N2O3S. The zero-order chi connectivity index (χ0) is 20.0. The zero-order valence-corrected chi connectivity index (χ0v) is 15.4. The first-order valence-electron chi connectivity index (χ1n) is 8.07. The molecule has 1 amide bonds. The highest BCUT2D eigenvalue weighted by molar-refractivity contribution is 7.89. The van der Waals surface area contributed by atoms with Crippen molar-refractivity contribution < 1.29 is 26.4 Å². The van der Waals surface area contributed by atoms with Gasteiger partial charge in [-0.05, 0) is 48.4 Å². The Bertz CT molecular complexity index is 986. The van der Waals surface area contributed by atoms with Crippen LogP contribution >= 0.6 is 0 Å². The Hall–Kier alpha value is -2.39. The molecule has 0 saturated heterocycles. The molecule has 0 radical (unpaired) electrons. The van der Waals surface area contributed by atoms with Crippen molar-refractivity contribution in [2.75, 3.05) is 12.4 Å². The molecule has 2 aromatic carbocycles. The quantitative estimate of drug-likeness (QED) is 0.856. The van der Waals surface area contributed by atoms with Crippen LogP contribution in [0.25, 0.3) is 0 Å². The highest BCUT2D eigenvalue weighted by atomic mass is 32.2. The summed E-state index contributed by atoms with van der Waals surface area (Å²) in [5, 5.41) is 2.67. The minimum Gasteiger partial charge on any atom is -0.325 e. The maximum Gasteiger partial charge on any atom is 0.416 e. The summed E-state index contributed by atoms with van der Waals surface area (Å²) in [7, 11) is -2.51. The maximum atomic E-state index is 12.8. The molecule has 1 aliphatic heterocycles. The minimum absolute atomic E-state index is 0.0269.